The molecule has 0 fully saturated rings. The second kappa shape index (κ2) is 7.74. The number of alkyl halides is 3. The maximum Gasteiger partial charge on any atom is 0.416 e. The van der Waals surface area contributed by atoms with Gasteiger partial charge in [0.1, 0.15) is 6.54 Å². The van der Waals surface area contributed by atoms with Gasteiger partial charge in [-0.25, -0.2) is 8.42 Å². The minimum Gasteiger partial charge on any atom is -0.453 e. The maximum absolute atomic E-state index is 12.9. The largest absolute Gasteiger partial charge is 0.453 e. The zero-order valence-corrected chi connectivity index (χ0v) is 16.4. The van der Waals surface area contributed by atoms with E-state index >= 15 is 0 Å². The average Bonchev–Trinajstić information content (AvgIpc) is 2.97. The average molecular weight is 446 g/mol. The van der Waals surface area contributed by atoms with Gasteiger partial charge < -0.3 is 10.1 Å². The van der Waals surface area contributed by atoms with Crippen LogP contribution in [0.25, 0.3) is 0 Å². The van der Waals surface area contributed by atoms with E-state index in [1.165, 1.54) is 13.0 Å². The predicted octanol–water partition coefficient (Wildman–Crippen LogP) is 1.87. The Balaban J connectivity index is 1.71. The smallest absolute Gasteiger partial charge is 0.416 e. The SMILES string of the molecule is CC(OC(=O)CC1C=CS(=O)(=O)C1)C(=O)N1CC(=O)Nc2cc(C(F)(F)F)ccc21. The number of carbonyl (C=O) groups is 3. The van der Waals surface area contributed by atoms with Gasteiger partial charge in [0.25, 0.3) is 5.91 Å². The molecule has 2 atom stereocenters. The third-order valence-electron chi connectivity index (χ3n) is 4.55. The molecule has 0 saturated carbocycles. The molecule has 8 nitrogen and oxygen atoms in total. The van der Waals surface area contributed by atoms with Gasteiger partial charge >= 0.3 is 12.1 Å². The second-order valence-corrected chi connectivity index (χ2v) is 8.89. The highest BCUT2D eigenvalue weighted by Gasteiger charge is 2.36. The Bertz CT molecular complexity index is 1030. The van der Waals surface area contributed by atoms with Gasteiger partial charge in [-0.15, -0.1) is 0 Å². The number of benzene rings is 1. The summed E-state index contributed by atoms with van der Waals surface area (Å²) in [6, 6.07) is 2.55. The minimum atomic E-state index is -4.63. The van der Waals surface area contributed by atoms with Crippen LogP contribution in [0, 0.1) is 5.92 Å². The molecule has 0 radical (unpaired) electrons. The van der Waals surface area contributed by atoms with E-state index in [1.807, 2.05) is 0 Å². The molecule has 1 aromatic carbocycles. The first-order valence-corrected chi connectivity index (χ1v) is 10.5. The van der Waals surface area contributed by atoms with Crippen LogP contribution in [0.3, 0.4) is 0 Å². The van der Waals surface area contributed by atoms with E-state index in [-0.39, 0.29) is 23.5 Å². The van der Waals surface area contributed by atoms with Crippen molar-refractivity contribution in [3.8, 4) is 0 Å². The highest BCUT2D eigenvalue weighted by molar-refractivity contribution is 7.94. The summed E-state index contributed by atoms with van der Waals surface area (Å²) in [6.07, 6.45) is -4.84. The van der Waals surface area contributed by atoms with Crippen LogP contribution in [0.1, 0.15) is 18.9 Å². The predicted molar refractivity (Wildman–Crippen MR) is 99.0 cm³/mol. The van der Waals surface area contributed by atoms with Gasteiger partial charge in [-0.2, -0.15) is 13.2 Å². The Morgan fingerprint density at radius 1 is 1.33 bits per heavy atom. The molecule has 1 N–H and O–H groups in total. The number of fused-ring (bicyclic) bond motifs is 1. The van der Waals surface area contributed by atoms with Crippen molar-refractivity contribution >= 4 is 39.0 Å². The molecule has 2 heterocycles. The summed E-state index contributed by atoms with van der Waals surface area (Å²) in [5.41, 5.74) is -1.13. The summed E-state index contributed by atoms with van der Waals surface area (Å²) in [4.78, 5) is 37.6. The molecular formula is C18H17F3N2O6S. The topological polar surface area (TPSA) is 110 Å². The Hall–Kier alpha value is -2.89. The van der Waals surface area contributed by atoms with E-state index in [0.717, 1.165) is 28.5 Å². The molecule has 162 valence electrons. The van der Waals surface area contributed by atoms with Crippen LogP contribution in [0.2, 0.25) is 0 Å². The van der Waals surface area contributed by atoms with Crippen molar-refractivity contribution in [2.75, 3.05) is 22.5 Å². The quantitative estimate of drug-likeness (QED) is 0.708. The van der Waals surface area contributed by atoms with E-state index in [1.54, 1.807) is 0 Å². The standard InChI is InChI=1S/C18H17F3N2O6S/c1-10(29-16(25)6-11-4-5-30(27,28)9-11)17(26)23-8-15(24)22-13-7-12(18(19,20)21)2-3-14(13)23/h2-5,7,10-11H,6,8-9H2,1H3,(H,22,24). The fourth-order valence-electron chi connectivity index (χ4n) is 3.16. The number of amides is 2. The summed E-state index contributed by atoms with van der Waals surface area (Å²) in [6.45, 7) is 0.806. The van der Waals surface area contributed by atoms with E-state index in [9.17, 15) is 36.0 Å². The molecule has 2 aliphatic rings. The van der Waals surface area contributed by atoms with E-state index in [4.69, 9.17) is 4.74 Å². The lowest BCUT2D eigenvalue weighted by atomic mass is 10.1. The van der Waals surface area contributed by atoms with Crippen LogP contribution in [-0.2, 0) is 35.1 Å². The first-order valence-electron chi connectivity index (χ1n) is 8.78. The zero-order valence-electron chi connectivity index (χ0n) is 15.6. The highest BCUT2D eigenvalue weighted by atomic mass is 32.2. The summed E-state index contributed by atoms with van der Waals surface area (Å²) >= 11 is 0. The zero-order chi connectivity index (χ0) is 22.3. The Labute approximate surface area is 169 Å². The summed E-state index contributed by atoms with van der Waals surface area (Å²) in [5, 5.41) is 3.30. The van der Waals surface area contributed by atoms with Crippen molar-refractivity contribution in [2.45, 2.75) is 25.6 Å². The normalized spacial score (nSPS) is 21.0. The van der Waals surface area contributed by atoms with Gasteiger partial charge in [-0.05, 0) is 25.1 Å². The lowest BCUT2D eigenvalue weighted by Crippen LogP contribution is -2.47. The van der Waals surface area contributed by atoms with Crippen LogP contribution < -0.4 is 10.2 Å². The number of rotatable bonds is 4. The molecule has 0 saturated heterocycles. The number of nitrogens with one attached hydrogen (secondary N) is 1. The molecule has 0 aromatic heterocycles. The van der Waals surface area contributed by atoms with E-state index in [0.29, 0.717) is 0 Å². The Kier molecular flexibility index (Phi) is 5.63. The molecule has 30 heavy (non-hydrogen) atoms. The maximum atomic E-state index is 12.9. The number of esters is 1. The number of hydrogen-bond donors (Lipinski definition) is 1. The molecule has 2 aliphatic heterocycles. The molecule has 0 bridgehead atoms. The third kappa shape index (κ3) is 4.81. The Morgan fingerprint density at radius 3 is 2.63 bits per heavy atom. The number of ether oxygens (including phenoxy) is 1. The molecule has 3 rings (SSSR count). The number of halogens is 3. The number of anilines is 2. The molecule has 1 aromatic rings. The van der Waals surface area contributed by atoms with Crippen molar-refractivity contribution in [1.29, 1.82) is 0 Å². The fourth-order valence-corrected chi connectivity index (χ4v) is 4.56. The molecule has 12 heteroatoms. The van der Waals surface area contributed by atoms with Gasteiger partial charge in [-0.3, -0.25) is 19.3 Å². The number of allylic oxidation sites excluding steroid dienone is 1. The molecule has 0 spiro atoms. The van der Waals surface area contributed by atoms with Crippen molar-refractivity contribution in [1.82, 2.24) is 0 Å². The van der Waals surface area contributed by atoms with Crippen LogP contribution in [0.5, 0.6) is 0 Å². The van der Waals surface area contributed by atoms with Gasteiger partial charge in [0.05, 0.1) is 29.1 Å². The summed E-state index contributed by atoms with van der Waals surface area (Å²) in [7, 11) is -3.34. The minimum absolute atomic E-state index is 0.0420. The van der Waals surface area contributed by atoms with Crippen LogP contribution in [0.15, 0.2) is 29.7 Å². The summed E-state index contributed by atoms with van der Waals surface area (Å²) < 4.78 is 66.5. The van der Waals surface area contributed by atoms with Crippen molar-refractivity contribution < 1.29 is 40.7 Å². The van der Waals surface area contributed by atoms with Gasteiger partial charge in [0.2, 0.25) is 5.91 Å². The van der Waals surface area contributed by atoms with Crippen molar-refractivity contribution in [2.24, 2.45) is 5.92 Å². The van der Waals surface area contributed by atoms with Gasteiger partial charge in [0, 0.05) is 11.3 Å². The van der Waals surface area contributed by atoms with Crippen LogP contribution >= 0.6 is 0 Å². The van der Waals surface area contributed by atoms with E-state index < -0.39 is 57.9 Å². The Morgan fingerprint density at radius 2 is 2.03 bits per heavy atom. The molecular weight excluding hydrogens is 429 g/mol. The van der Waals surface area contributed by atoms with Gasteiger partial charge in [0.15, 0.2) is 15.9 Å². The van der Waals surface area contributed by atoms with Crippen LogP contribution in [-0.4, -0.2) is 44.6 Å². The third-order valence-corrected chi connectivity index (χ3v) is 6.01. The lowest BCUT2D eigenvalue weighted by Gasteiger charge is -2.31. The number of carbonyl (C=O) groups excluding carboxylic acids is 3. The fraction of sp³-hybridized carbons (Fsp3) is 0.389. The summed E-state index contributed by atoms with van der Waals surface area (Å²) in [5.74, 6) is -3.10. The molecule has 2 amide bonds. The number of nitrogens with zero attached hydrogens (tertiary/aromatic N) is 1. The number of hydrogen-bond acceptors (Lipinski definition) is 6. The van der Waals surface area contributed by atoms with Crippen molar-refractivity contribution in [3.05, 3.63) is 35.2 Å². The first-order chi connectivity index (χ1) is 13.9. The first kappa shape index (κ1) is 21.8. The molecule has 2 unspecified atom stereocenters. The lowest BCUT2D eigenvalue weighted by molar-refractivity contribution is -0.154. The highest BCUT2D eigenvalue weighted by Crippen LogP contribution is 2.37. The second-order valence-electron chi connectivity index (χ2n) is 6.96. The number of sulfone groups is 1. The molecule has 0 aliphatic carbocycles. The van der Waals surface area contributed by atoms with Gasteiger partial charge in [-0.1, -0.05) is 6.08 Å². The van der Waals surface area contributed by atoms with E-state index in [2.05, 4.69) is 5.32 Å². The van der Waals surface area contributed by atoms with Crippen molar-refractivity contribution in [3.63, 3.8) is 0 Å². The van der Waals surface area contributed by atoms with Crippen LogP contribution in [0.4, 0.5) is 24.5 Å². The monoisotopic (exact) mass is 446 g/mol.